The molecule has 2 fully saturated rings. The van der Waals surface area contributed by atoms with Gasteiger partial charge in [0.1, 0.15) is 0 Å². The van der Waals surface area contributed by atoms with Crippen LogP contribution in [0.15, 0.2) is 0 Å². The van der Waals surface area contributed by atoms with E-state index < -0.39 is 0 Å². The summed E-state index contributed by atoms with van der Waals surface area (Å²) < 4.78 is 5.31. The van der Waals surface area contributed by atoms with Crippen LogP contribution in [-0.2, 0) is 4.74 Å². The Kier molecular flexibility index (Phi) is 6.35. The third kappa shape index (κ3) is 4.73. The average Bonchev–Trinajstić information content (AvgIpc) is 3.26. The van der Waals surface area contributed by atoms with Gasteiger partial charge < -0.3 is 10.1 Å². The molecule has 4 atom stereocenters. The predicted molar refractivity (Wildman–Crippen MR) is 85.8 cm³/mol. The van der Waals surface area contributed by atoms with Crippen molar-refractivity contribution in [2.75, 3.05) is 20.3 Å². The Balaban J connectivity index is 1.89. The third-order valence-corrected chi connectivity index (χ3v) is 5.79. The van der Waals surface area contributed by atoms with E-state index in [1.54, 1.807) is 0 Å². The molecular weight excluding hydrogens is 246 g/mol. The summed E-state index contributed by atoms with van der Waals surface area (Å²) >= 11 is 0. The van der Waals surface area contributed by atoms with E-state index in [2.05, 4.69) is 26.1 Å². The summed E-state index contributed by atoms with van der Waals surface area (Å²) in [6.07, 6.45) is 8.37. The minimum absolute atomic E-state index is 0.808. The lowest BCUT2D eigenvalue weighted by atomic mass is 9.66. The lowest BCUT2D eigenvalue weighted by molar-refractivity contribution is 0.0825. The van der Waals surface area contributed by atoms with E-state index in [9.17, 15) is 0 Å². The summed E-state index contributed by atoms with van der Waals surface area (Å²) in [7, 11) is 1.83. The molecular formula is C18H35NO. The molecule has 0 aromatic heterocycles. The zero-order valence-electron chi connectivity index (χ0n) is 14.0. The maximum absolute atomic E-state index is 5.31. The molecule has 0 aromatic rings. The van der Waals surface area contributed by atoms with Crippen molar-refractivity contribution in [1.29, 1.82) is 0 Å². The van der Waals surface area contributed by atoms with Crippen LogP contribution < -0.4 is 5.32 Å². The molecule has 0 heterocycles. The van der Waals surface area contributed by atoms with Crippen molar-refractivity contribution in [1.82, 2.24) is 5.32 Å². The van der Waals surface area contributed by atoms with Crippen molar-refractivity contribution in [3.8, 4) is 0 Å². The van der Waals surface area contributed by atoms with Crippen LogP contribution in [0.25, 0.3) is 0 Å². The first-order valence-corrected chi connectivity index (χ1v) is 8.84. The number of methoxy groups -OCH3 is 1. The minimum atomic E-state index is 0.808. The van der Waals surface area contributed by atoms with Crippen LogP contribution in [0.3, 0.4) is 0 Å². The van der Waals surface area contributed by atoms with Crippen LogP contribution in [0.5, 0.6) is 0 Å². The molecule has 1 N–H and O–H groups in total. The van der Waals surface area contributed by atoms with Gasteiger partial charge in [-0.3, -0.25) is 0 Å². The standard InChI is InChI=1S/C18H35NO/c1-13(2)15-5-6-16(12-19-17-7-8-17)18(11-15)14(3)9-10-20-4/h13-19H,5-12H2,1-4H3. The van der Waals surface area contributed by atoms with Crippen LogP contribution in [0.4, 0.5) is 0 Å². The second kappa shape index (κ2) is 7.79. The van der Waals surface area contributed by atoms with Gasteiger partial charge in [-0.25, -0.2) is 0 Å². The second-order valence-corrected chi connectivity index (χ2v) is 7.68. The third-order valence-electron chi connectivity index (χ3n) is 5.79. The molecule has 2 aliphatic carbocycles. The molecule has 20 heavy (non-hydrogen) atoms. The highest BCUT2D eigenvalue weighted by Gasteiger charge is 2.35. The zero-order chi connectivity index (χ0) is 14.5. The Bertz CT molecular complexity index is 275. The highest BCUT2D eigenvalue weighted by Crippen LogP contribution is 2.42. The lowest BCUT2D eigenvalue weighted by Crippen LogP contribution is -2.38. The van der Waals surface area contributed by atoms with Gasteiger partial charge in [-0.05, 0) is 74.7 Å². The lowest BCUT2D eigenvalue weighted by Gasteiger charge is -2.41. The van der Waals surface area contributed by atoms with Crippen molar-refractivity contribution in [2.45, 2.75) is 65.3 Å². The van der Waals surface area contributed by atoms with Crippen molar-refractivity contribution in [3.05, 3.63) is 0 Å². The van der Waals surface area contributed by atoms with Crippen molar-refractivity contribution < 1.29 is 4.74 Å². The van der Waals surface area contributed by atoms with Gasteiger partial charge in [0.05, 0.1) is 0 Å². The number of hydrogen-bond donors (Lipinski definition) is 1. The van der Waals surface area contributed by atoms with Gasteiger partial charge in [-0.1, -0.05) is 20.8 Å². The molecule has 4 unspecified atom stereocenters. The van der Waals surface area contributed by atoms with E-state index in [1.807, 2.05) is 7.11 Å². The summed E-state index contributed by atoms with van der Waals surface area (Å²) in [5.41, 5.74) is 0. The Hall–Kier alpha value is -0.0800. The fourth-order valence-electron chi connectivity index (χ4n) is 3.98. The Morgan fingerprint density at radius 1 is 1.10 bits per heavy atom. The molecule has 0 spiro atoms. The van der Waals surface area contributed by atoms with Gasteiger partial charge >= 0.3 is 0 Å². The molecule has 2 heteroatoms. The fraction of sp³-hybridized carbons (Fsp3) is 1.00. The molecule has 2 saturated carbocycles. The molecule has 2 rings (SSSR count). The summed E-state index contributed by atoms with van der Waals surface area (Å²) in [4.78, 5) is 0. The maximum Gasteiger partial charge on any atom is 0.0464 e. The van der Waals surface area contributed by atoms with Crippen LogP contribution >= 0.6 is 0 Å². The summed E-state index contributed by atoms with van der Waals surface area (Å²) in [6, 6.07) is 0.854. The molecule has 0 aromatic carbocycles. The van der Waals surface area contributed by atoms with Crippen LogP contribution in [0.2, 0.25) is 0 Å². The van der Waals surface area contributed by atoms with Crippen molar-refractivity contribution in [3.63, 3.8) is 0 Å². The Morgan fingerprint density at radius 2 is 1.85 bits per heavy atom. The van der Waals surface area contributed by atoms with Gasteiger partial charge in [0, 0.05) is 19.8 Å². The van der Waals surface area contributed by atoms with Gasteiger partial charge in [-0.2, -0.15) is 0 Å². The largest absolute Gasteiger partial charge is 0.385 e. The monoisotopic (exact) mass is 281 g/mol. The van der Waals surface area contributed by atoms with Crippen LogP contribution in [-0.4, -0.2) is 26.3 Å². The van der Waals surface area contributed by atoms with E-state index in [4.69, 9.17) is 4.74 Å². The van der Waals surface area contributed by atoms with E-state index >= 15 is 0 Å². The molecule has 0 amide bonds. The highest BCUT2D eigenvalue weighted by atomic mass is 16.5. The quantitative estimate of drug-likeness (QED) is 0.723. The molecule has 0 radical (unpaired) electrons. The Labute approximate surface area is 126 Å². The second-order valence-electron chi connectivity index (χ2n) is 7.68. The molecule has 2 nitrogen and oxygen atoms in total. The van der Waals surface area contributed by atoms with E-state index in [1.165, 1.54) is 45.1 Å². The van der Waals surface area contributed by atoms with Gasteiger partial charge in [0.15, 0.2) is 0 Å². The Morgan fingerprint density at radius 3 is 2.45 bits per heavy atom. The van der Waals surface area contributed by atoms with Crippen LogP contribution in [0, 0.1) is 29.6 Å². The van der Waals surface area contributed by atoms with Gasteiger partial charge in [0.25, 0.3) is 0 Å². The molecule has 118 valence electrons. The summed E-state index contributed by atoms with van der Waals surface area (Å²) in [6.45, 7) is 9.45. The number of ether oxygens (including phenoxy) is 1. The fourth-order valence-corrected chi connectivity index (χ4v) is 3.98. The topological polar surface area (TPSA) is 21.3 Å². The zero-order valence-corrected chi connectivity index (χ0v) is 14.0. The van der Waals surface area contributed by atoms with Gasteiger partial charge in [0.2, 0.25) is 0 Å². The molecule has 0 aliphatic heterocycles. The average molecular weight is 281 g/mol. The first-order chi connectivity index (χ1) is 9.61. The summed E-state index contributed by atoms with van der Waals surface area (Å²) in [5.74, 6) is 4.41. The first-order valence-electron chi connectivity index (χ1n) is 8.84. The summed E-state index contributed by atoms with van der Waals surface area (Å²) in [5, 5.41) is 3.78. The predicted octanol–water partition coefficient (Wildman–Crippen LogP) is 4.10. The number of hydrogen-bond acceptors (Lipinski definition) is 2. The molecule has 2 aliphatic rings. The van der Waals surface area contributed by atoms with E-state index in [0.29, 0.717) is 0 Å². The van der Waals surface area contributed by atoms with Crippen LogP contribution in [0.1, 0.15) is 59.3 Å². The first kappa shape index (κ1) is 16.3. The normalized spacial score (nSPS) is 32.5. The number of rotatable bonds is 8. The van der Waals surface area contributed by atoms with Crippen molar-refractivity contribution in [2.24, 2.45) is 29.6 Å². The minimum Gasteiger partial charge on any atom is -0.385 e. The van der Waals surface area contributed by atoms with E-state index in [-0.39, 0.29) is 0 Å². The van der Waals surface area contributed by atoms with Crippen molar-refractivity contribution >= 4 is 0 Å². The highest BCUT2D eigenvalue weighted by molar-refractivity contribution is 4.88. The smallest absolute Gasteiger partial charge is 0.0464 e. The number of nitrogens with one attached hydrogen (secondary N) is 1. The van der Waals surface area contributed by atoms with Gasteiger partial charge in [-0.15, -0.1) is 0 Å². The maximum atomic E-state index is 5.31. The molecule has 0 saturated heterocycles. The van der Waals surface area contributed by atoms with E-state index in [0.717, 1.165) is 42.2 Å². The molecule has 0 bridgehead atoms. The SMILES string of the molecule is COCCC(C)C1CC(C(C)C)CCC1CNC1CC1.